The van der Waals surface area contributed by atoms with Crippen LogP contribution in [0.1, 0.15) is 10.4 Å². The topological polar surface area (TPSA) is 72.8 Å². The molecule has 6 heteroatoms. The van der Waals surface area contributed by atoms with Gasteiger partial charge in [-0.15, -0.1) is 0 Å². The predicted octanol–water partition coefficient (Wildman–Crippen LogP) is 0.856. The Kier molecular flexibility index (Phi) is 3.15. The number of hydrogen-bond acceptors (Lipinski definition) is 5. The maximum atomic E-state index is 10.4. The molecular formula is C7H5NO4S. The van der Waals surface area contributed by atoms with Crippen LogP contribution >= 0.6 is 0 Å². The van der Waals surface area contributed by atoms with Gasteiger partial charge < -0.3 is 4.84 Å². The van der Waals surface area contributed by atoms with Crippen LogP contribution in [0.5, 0.6) is 5.75 Å². The number of benzene rings is 1. The average Bonchev–Trinajstić information content (AvgIpc) is 2.15. The van der Waals surface area contributed by atoms with Gasteiger partial charge in [0.25, 0.3) is 0 Å². The van der Waals surface area contributed by atoms with E-state index in [0.29, 0.717) is 6.29 Å². The molecule has 1 aromatic carbocycles. The van der Waals surface area contributed by atoms with Crippen LogP contribution in [0.15, 0.2) is 28.8 Å². The van der Waals surface area contributed by atoms with Crippen LogP contribution in [0.25, 0.3) is 0 Å². The van der Waals surface area contributed by atoms with Gasteiger partial charge in [0.05, 0.1) is 5.56 Å². The van der Waals surface area contributed by atoms with Gasteiger partial charge in [0, 0.05) is 4.53 Å². The summed E-state index contributed by atoms with van der Waals surface area (Å²) in [5, 5.41) is 0. The summed E-state index contributed by atoms with van der Waals surface area (Å²) in [5.74, 6) is 0.113. The van der Waals surface area contributed by atoms with Gasteiger partial charge in [-0.25, -0.2) is 0 Å². The van der Waals surface area contributed by atoms with Crippen molar-refractivity contribution in [2.45, 2.75) is 0 Å². The van der Waals surface area contributed by atoms with Crippen LogP contribution in [0.4, 0.5) is 0 Å². The Hall–Kier alpha value is -1.69. The highest BCUT2D eigenvalue weighted by atomic mass is 32.2. The molecule has 1 aromatic rings. The van der Waals surface area contributed by atoms with Gasteiger partial charge in [0.2, 0.25) is 0 Å². The zero-order valence-corrected chi connectivity index (χ0v) is 7.19. The summed E-state index contributed by atoms with van der Waals surface area (Å²) in [6.07, 6.45) is 0.554. The van der Waals surface area contributed by atoms with Crippen molar-refractivity contribution in [3.05, 3.63) is 29.8 Å². The normalized spacial score (nSPS) is 8.92. The molecule has 0 fully saturated rings. The molecule has 0 N–H and O–H groups in total. The highest BCUT2D eigenvalue weighted by Crippen LogP contribution is 2.15. The third-order valence-electron chi connectivity index (χ3n) is 1.24. The van der Waals surface area contributed by atoms with Crippen molar-refractivity contribution < 1.29 is 18.0 Å². The Bertz CT molecular complexity index is 430. The highest BCUT2D eigenvalue weighted by Gasteiger charge is 2.00. The van der Waals surface area contributed by atoms with E-state index in [2.05, 4.69) is 9.36 Å². The Morgan fingerprint density at radius 2 is 2.00 bits per heavy atom. The highest BCUT2D eigenvalue weighted by molar-refractivity contribution is 7.61. The zero-order chi connectivity index (χ0) is 9.68. The van der Waals surface area contributed by atoms with Crippen molar-refractivity contribution in [2.24, 2.45) is 4.53 Å². The number of carbonyl (C=O) groups excluding carboxylic acids is 1. The first-order chi connectivity index (χ1) is 6.24. The van der Waals surface area contributed by atoms with Gasteiger partial charge in [0.15, 0.2) is 12.0 Å². The summed E-state index contributed by atoms with van der Waals surface area (Å²) >= 11 is 0. The van der Waals surface area contributed by atoms with Crippen LogP contribution < -0.4 is 4.84 Å². The number of hydrogen-bond donors (Lipinski definition) is 0. The Morgan fingerprint density at radius 3 is 2.62 bits per heavy atom. The molecule has 0 amide bonds. The fourth-order valence-corrected chi connectivity index (χ4v) is 0.873. The Labute approximate surface area is 75.6 Å². The van der Waals surface area contributed by atoms with E-state index in [0.717, 1.165) is 0 Å². The second-order valence-electron chi connectivity index (χ2n) is 2.04. The lowest BCUT2D eigenvalue weighted by Gasteiger charge is -1.97. The van der Waals surface area contributed by atoms with Crippen molar-refractivity contribution in [2.75, 3.05) is 0 Å². The number of nitrogens with zero attached hydrogens (tertiary/aromatic N) is 1. The van der Waals surface area contributed by atoms with Crippen molar-refractivity contribution >= 4 is 16.8 Å². The summed E-state index contributed by atoms with van der Waals surface area (Å²) in [6.45, 7) is 0. The standard InChI is InChI=1S/C7H5NO4S/c9-5-6-3-1-2-4-7(6)12-8-13(10)11/h1-5H. The Morgan fingerprint density at radius 1 is 1.31 bits per heavy atom. The lowest BCUT2D eigenvalue weighted by atomic mass is 10.2. The minimum atomic E-state index is -2.64. The van der Waals surface area contributed by atoms with E-state index in [-0.39, 0.29) is 11.3 Å². The SMILES string of the molecule is O=Cc1ccccc1ON=S(=O)=O. The monoisotopic (exact) mass is 199 g/mol. The van der Waals surface area contributed by atoms with Gasteiger partial charge in [0.1, 0.15) is 0 Å². The molecule has 0 aliphatic heterocycles. The van der Waals surface area contributed by atoms with Gasteiger partial charge in [-0.1, -0.05) is 12.1 Å². The molecule has 68 valence electrons. The van der Waals surface area contributed by atoms with Gasteiger partial charge >= 0.3 is 10.5 Å². The van der Waals surface area contributed by atoms with Crippen LogP contribution in [0.2, 0.25) is 0 Å². The molecule has 0 radical (unpaired) electrons. The number of rotatable bonds is 3. The lowest BCUT2D eigenvalue weighted by Crippen LogP contribution is -1.88. The van der Waals surface area contributed by atoms with E-state index in [1.54, 1.807) is 12.1 Å². The molecule has 0 unspecified atom stereocenters. The van der Waals surface area contributed by atoms with E-state index in [4.69, 9.17) is 0 Å². The lowest BCUT2D eigenvalue weighted by molar-refractivity contribution is 0.111. The van der Waals surface area contributed by atoms with Crippen molar-refractivity contribution in [1.82, 2.24) is 0 Å². The largest absolute Gasteiger partial charge is 0.349 e. The van der Waals surface area contributed by atoms with Crippen molar-refractivity contribution in [3.8, 4) is 5.75 Å². The van der Waals surface area contributed by atoms with Gasteiger partial charge in [-0.2, -0.15) is 8.42 Å². The molecule has 0 atom stereocenters. The molecule has 0 heterocycles. The first-order valence-electron chi connectivity index (χ1n) is 3.25. The minimum absolute atomic E-state index is 0.113. The first-order valence-corrected chi connectivity index (χ1v) is 4.29. The fraction of sp³-hybridized carbons (Fsp3) is 0. The summed E-state index contributed by atoms with van der Waals surface area (Å²) in [5.41, 5.74) is 0.247. The first kappa shape index (κ1) is 9.40. The third kappa shape index (κ3) is 2.68. The molecular weight excluding hydrogens is 194 g/mol. The fourth-order valence-electron chi connectivity index (χ4n) is 0.732. The molecule has 0 aliphatic carbocycles. The van der Waals surface area contributed by atoms with Crippen molar-refractivity contribution in [1.29, 1.82) is 0 Å². The summed E-state index contributed by atoms with van der Waals surface area (Å²) in [6, 6.07) is 6.17. The predicted molar refractivity (Wildman–Crippen MR) is 43.8 cm³/mol. The van der Waals surface area contributed by atoms with E-state index < -0.39 is 10.5 Å². The van der Waals surface area contributed by atoms with Crippen LogP contribution in [-0.2, 0) is 10.5 Å². The van der Waals surface area contributed by atoms with Crippen LogP contribution in [-0.4, -0.2) is 14.7 Å². The summed E-state index contributed by atoms with van der Waals surface area (Å²) in [7, 11) is -2.64. The number of carbonyl (C=O) groups is 1. The molecule has 0 saturated carbocycles. The second kappa shape index (κ2) is 4.36. The van der Waals surface area contributed by atoms with Crippen LogP contribution in [0, 0.1) is 0 Å². The van der Waals surface area contributed by atoms with Gasteiger partial charge in [-0.05, 0) is 12.1 Å². The summed E-state index contributed by atoms with van der Waals surface area (Å²) in [4.78, 5) is 14.9. The maximum absolute atomic E-state index is 10.4. The van der Waals surface area contributed by atoms with E-state index in [9.17, 15) is 13.2 Å². The zero-order valence-electron chi connectivity index (χ0n) is 6.38. The minimum Gasteiger partial charge on any atom is -0.342 e. The maximum Gasteiger partial charge on any atom is 0.349 e. The molecule has 0 spiro atoms. The van der Waals surface area contributed by atoms with Crippen LogP contribution in [0.3, 0.4) is 0 Å². The van der Waals surface area contributed by atoms with E-state index >= 15 is 0 Å². The smallest absolute Gasteiger partial charge is 0.342 e. The van der Waals surface area contributed by atoms with Crippen molar-refractivity contribution in [3.63, 3.8) is 0 Å². The van der Waals surface area contributed by atoms with Gasteiger partial charge in [-0.3, -0.25) is 4.79 Å². The molecule has 0 bridgehead atoms. The third-order valence-corrected chi connectivity index (χ3v) is 1.44. The number of para-hydroxylation sites is 1. The molecule has 1 rings (SSSR count). The van der Waals surface area contributed by atoms with E-state index in [1.807, 2.05) is 0 Å². The molecule has 0 aromatic heterocycles. The summed E-state index contributed by atoms with van der Waals surface area (Å²) < 4.78 is 22.7. The number of aldehydes is 1. The van der Waals surface area contributed by atoms with E-state index in [1.165, 1.54) is 12.1 Å². The molecule has 5 nitrogen and oxygen atoms in total. The average molecular weight is 199 g/mol. The second-order valence-corrected chi connectivity index (χ2v) is 2.62. The molecule has 13 heavy (non-hydrogen) atoms. The molecule has 0 saturated heterocycles. The quantitative estimate of drug-likeness (QED) is 0.534. The Balaban J connectivity index is 3.00. The molecule has 0 aliphatic rings.